The Balaban J connectivity index is 2.56. The molecule has 2 aromatic rings. The zero-order valence-electron chi connectivity index (χ0n) is 12.8. The van der Waals surface area contributed by atoms with Gasteiger partial charge in [0.1, 0.15) is 17.4 Å². The Kier molecular flexibility index (Phi) is 4.65. The van der Waals surface area contributed by atoms with Crippen LogP contribution in [0.25, 0.3) is 11.0 Å². The third-order valence-electron chi connectivity index (χ3n) is 3.32. The van der Waals surface area contributed by atoms with Crippen molar-refractivity contribution in [3.63, 3.8) is 0 Å². The second-order valence-corrected chi connectivity index (χ2v) is 5.07. The molecule has 0 fully saturated rings. The third kappa shape index (κ3) is 3.36. The Hall–Kier alpha value is -2.56. The van der Waals surface area contributed by atoms with Crippen LogP contribution in [0.4, 0.5) is 0 Å². The van der Waals surface area contributed by atoms with Gasteiger partial charge in [0.2, 0.25) is 0 Å². The van der Waals surface area contributed by atoms with E-state index in [0.29, 0.717) is 28.9 Å². The van der Waals surface area contributed by atoms with E-state index in [9.17, 15) is 9.59 Å². The second kappa shape index (κ2) is 6.47. The van der Waals surface area contributed by atoms with Gasteiger partial charge in [-0.05, 0) is 30.7 Å². The summed E-state index contributed by atoms with van der Waals surface area (Å²) in [5.41, 5.74) is 1.37. The summed E-state index contributed by atoms with van der Waals surface area (Å²) in [7, 11) is 1.54. The summed E-state index contributed by atoms with van der Waals surface area (Å²) in [6, 6.07) is 6.65. The summed E-state index contributed by atoms with van der Waals surface area (Å²) >= 11 is 0. The Morgan fingerprint density at radius 2 is 1.95 bits per heavy atom. The Morgan fingerprint density at radius 1 is 1.27 bits per heavy atom. The van der Waals surface area contributed by atoms with Crippen molar-refractivity contribution in [2.75, 3.05) is 7.11 Å². The third-order valence-corrected chi connectivity index (χ3v) is 3.32. The fourth-order valence-corrected chi connectivity index (χ4v) is 2.26. The fourth-order valence-electron chi connectivity index (χ4n) is 2.26. The van der Waals surface area contributed by atoms with Gasteiger partial charge in [0.25, 0.3) is 0 Å². The Labute approximate surface area is 128 Å². The van der Waals surface area contributed by atoms with Crippen LogP contribution in [0.5, 0.6) is 5.75 Å². The van der Waals surface area contributed by atoms with E-state index in [4.69, 9.17) is 13.9 Å². The van der Waals surface area contributed by atoms with Gasteiger partial charge in [0.15, 0.2) is 0 Å². The molecule has 5 nitrogen and oxygen atoms in total. The smallest absolute Gasteiger partial charge is 0.336 e. The van der Waals surface area contributed by atoms with Crippen LogP contribution in [-0.4, -0.2) is 19.2 Å². The summed E-state index contributed by atoms with van der Waals surface area (Å²) in [5.74, 6) is 0.175. The normalized spacial score (nSPS) is 12.0. The summed E-state index contributed by atoms with van der Waals surface area (Å²) in [6.45, 7) is 6.97. The van der Waals surface area contributed by atoms with E-state index in [1.54, 1.807) is 19.1 Å². The van der Waals surface area contributed by atoms with Crippen LogP contribution in [0.1, 0.15) is 19.4 Å². The predicted molar refractivity (Wildman–Crippen MR) is 83.1 cm³/mol. The van der Waals surface area contributed by atoms with E-state index in [0.717, 1.165) is 5.39 Å². The number of benzene rings is 1. The molecule has 0 saturated carbocycles. The molecule has 0 spiro atoms. The van der Waals surface area contributed by atoms with Gasteiger partial charge in [0.05, 0.1) is 7.11 Å². The minimum atomic E-state index is -0.512. The minimum absolute atomic E-state index is 0.322. The van der Waals surface area contributed by atoms with Gasteiger partial charge in [-0.15, -0.1) is 0 Å². The lowest BCUT2D eigenvalue weighted by Gasteiger charge is -2.19. The van der Waals surface area contributed by atoms with Gasteiger partial charge < -0.3 is 13.9 Å². The van der Waals surface area contributed by atoms with Crippen molar-refractivity contribution in [2.24, 2.45) is 0 Å². The maximum Gasteiger partial charge on any atom is 0.336 e. The number of hydrogen-bond donors (Lipinski definition) is 0. The molecule has 2 rings (SSSR count). The average Bonchev–Trinajstić information content (AvgIpc) is 2.46. The molecule has 0 aliphatic rings. The summed E-state index contributed by atoms with van der Waals surface area (Å²) in [5, 5.41) is 0.777. The maximum atomic E-state index is 11.5. The standard InChI is InChI=1S/C17H18O5/c1-10(2)15(21-11(3)18)9-13-14(20-4)7-5-12-6-8-16(19)22-17(12)13/h5-8,15H,1,9H2,2-4H3. The zero-order chi connectivity index (χ0) is 16.3. The number of rotatable bonds is 5. The molecule has 1 atom stereocenters. The Morgan fingerprint density at radius 3 is 2.55 bits per heavy atom. The van der Waals surface area contributed by atoms with Crippen molar-refractivity contribution in [3.8, 4) is 5.75 Å². The van der Waals surface area contributed by atoms with Crippen LogP contribution < -0.4 is 10.4 Å². The van der Waals surface area contributed by atoms with Crippen LogP contribution >= 0.6 is 0 Å². The molecule has 0 aliphatic heterocycles. The first-order chi connectivity index (χ1) is 10.4. The van der Waals surface area contributed by atoms with Crippen molar-refractivity contribution in [3.05, 3.63) is 52.4 Å². The first-order valence-corrected chi connectivity index (χ1v) is 6.84. The lowest BCUT2D eigenvalue weighted by molar-refractivity contribution is -0.144. The number of hydrogen-bond acceptors (Lipinski definition) is 5. The van der Waals surface area contributed by atoms with Crippen molar-refractivity contribution >= 4 is 16.9 Å². The van der Waals surface area contributed by atoms with Crippen molar-refractivity contribution in [2.45, 2.75) is 26.4 Å². The molecule has 0 radical (unpaired) electrons. The summed E-state index contributed by atoms with van der Waals surface area (Å²) in [6.07, 6.45) is -0.190. The lowest BCUT2D eigenvalue weighted by atomic mass is 10.00. The molecule has 1 aromatic carbocycles. The number of methoxy groups -OCH3 is 1. The largest absolute Gasteiger partial charge is 0.496 e. The van der Waals surface area contributed by atoms with Gasteiger partial charge in [-0.2, -0.15) is 0 Å². The summed E-state index contributed by atoms with van der Waals surface area (Å²) < 4.78 is 15.9. The maximum absolute atomic E-state index is 11.5. The van der Waals surface area contributed by atoms with Crippen molar-refractivity contribution in [1.82, 2.24) is 0 Å². The highest BCUT2D eigenvalue weighted by molar-refractivity contribution is 5.82. The SMILES string of the molecule is C=C(C)C(Cc1c(OC)ccc2ccc(=O)oc12)OC(C)=O. The van der Waals surface area contributed by atoms with E-state index in [1.165, 1.54) is 20.1 Å². The molecular formula is C17H18O5. The number of ether oxygens (including phenoxy) is 2. The van der Waals surface area contributed by atoms with Crippen LogP contribution in [-0.2, 0) is 16.0 Å². The minimum Gasteiger partial charge on any atom is -0.496 e. The number of esters is 1. The van der Waals surface area contributed by atoms with Gasteiger partial charge in [-0.1, -0.05) is 6.58 Å². The van der Waals surface area contributed by atoms with Gasteiger partial charge in [-0.25, -0.2) is 4.79 Å². The first kappa shape index (κ1) is 15.8. The second-order valence-electron chi connectivity index (χ2n) is 5.07. The number of fused-ring (bicyclic) bond motifs is 1. The molecule has 5 heteroatoms. The van der Waals surface area contributed by atoms with Crippen LogP contribution in [0, 0.1) is 0 Å². The first-order valence-electron chi connectivity index (χ1n) is 6.84. The van der Waals surface area contributed by atoms with E-state index in [-0.39, 0.29) is 0 Å². The molecule has 0 N–H and O–H groups in total. The van der Waals surface area contributed by atoms with Crippen LogP contribution in [0.3, 0.4) is 0 Å². The monoisotopic (exact) mass is 302 g/mol. The molecule has 116 valence electrons. The highest BCUT2D eigenvalue weighted by atomic mass is 16.5. The Bertz CT molecular complexity index is 772. The fraction of sp³-hybridized carbons (Fsp3) is 0.294. The zero-order valence-corrected chi connectivity index (χ0v) is 12.8. The van der Waals surface area contributed by atoms with Gasteiger partial charge in [-0.3, -0.25) is 4.79 Å². The molecule has 0 amide bonds. The van der Waals surface area contributed by atoms with E-state index >= 15 is 0 Å². The number of carbonyl (C=O) groups excluding carboxylic acids is 1. The molecule has 1 unspecified atom stereocenters. The topological polar surface area (TPSA) is 65.7 Å². The van der Waals surface area contributed by atoms with Gasteiger partial charge >= 0.3 is 11.6 Å². The molecule has 22 heavy (non-hydrogen) atoms. The van der Waals surface area contributed by atoms with Gasteiger partial charge in [0, 0.05) is 30.4 Å². The van der Waals surface area contributed by atoms with Crippen LogP contribution in [0.2, 0.25) is 0 Å². The quantitative estimate of drug-likeness (QED) is 0.483. The highest BCUT2D eigenvalue weighted by Crippen LogP contribution is 2.29. The molecular weight excluding hydrogens is 284 g/mol. The number of carbonyl (C=O) groups is 1. The lowest BCUT2D eigenvalue weighted by Crippen LogP contribution is -2.20. The molecule has 0 bridgehead atoms. The van der Waals surface area contributed by atoms with Crippen molar-refractivity contribution < 1.29 is 18.7 Å². The predicted octanol–water partition coefficient (Wildman–Crippen LogP) is 2.85. The molecule has 1 aromatic heterocycles. The van der Waals surface area contributed by atoms with Crippen molar-refractivity contribution in [1.29, 1.82) is 0 Å². The molecule has 0 aliphatic carbocycles. The van der Waals surface area contributed by atoms with E-state index in [1.807, 2.05) is 6.07 Å². The molecule has 1 heterocycles. The average molecular weight is 302 g/mol. The summed E-state index contributed by atoms with van der Waals surface area (Å²) in [4.78, 5) is 22.8. The molecule has 0 saturated heterocycles. The van der Waals surface area contributed by atoms with Crippen LogP contribution in [0.15, 0.2) is 45.6 Å². The highest BCUT2D eigenvalue weighted by Gasteiger charge is 2.20. The van der Waals surface area contributed by atoms with E-state index in [2.05, 4.69) is 6.58 Å². The van der Waals surface area contributed by atoms with E-state index < -0.39 is 17.7 Å².